The Balaban J connectivity index is 1.87. The smallest absolute Gasteiger partial charge is 0.447 e. The largest absolute Gasteiger partial charge is 0.509 e. The standard InChI is InChI=1S/C8H9NO6/c10-5-3-2-13-7(11)9(3)1-4-6(5)15-8(12)14-4/h3-6,10H,1-2H2/t3?,4-,5+,6+/m0/s1. The molecule has 0 bridgehead atoms. The van der Waals surface area contributed by atoms with Crippen LogP contribution in [0, 0.1) is 0 Å². The zero-order valence-electron chi connectivity index (χ0n) is 7.66. The average Bonchev–Trinajstić information content (AvgIpc) is 2.72. The predicted molar refractivity (Wildman–Crippen MR) is 43.0 cm³/mol. The molecule has 4 atom stereocenters. The van der Waals surface area contributed by atoms with E-state index in [1.807, 2.05) is 0 Å². The van der Waals surface area contributed by atoms with Gasteiger partial charge < -0.3 is 19.3 Å². The highest BCUT2D eigenvalue weighted by atomic mass is 16.8. The fraction of sp³-hybridized carbons (Fsp3) is 0.750. The zero-order chi connectivity index (χ0) is 10.6. The lowest BCUT2D eigenvalue weighted by atomic mass is 9.95. The normalized spacial score (nSPS) is 42.9. The maximum atomic E-state index is 11.2. The van der Waals surface area contributed by atoms with Crippen LogP contribution in [-0.2, 0) is 14.2 Å². The summed E-state index contributed by atoms with van der Waals surface area (Å²) in [6.45, 7) is 0.345. The minimum Gasteiger partial charge on any atom is -0.447 e. The first-order valence-corrected chi connectivity index (χ1v) is 4.65. The molecule has 15 heavy (non-hydrogen) atoms. The van der Waals surface area contributed by atoms with Crippen molar-refractivity contribution in [2.45, 2.75) is 24.4 Å². The summed E-state index contributed by atoms with van der Waals surface area (Å²) in [7, 11) is 0. The second-order valence-electron chi connectivity index (χ2n) is 3.78. The van der Waals surface area contributed by atoms with Gasteiger partial charge >= 0.3 is 12.2 Å². The van der Waals surface area contributed by atoms with E-state index < -0.39 is 36.6 Å². The molecule has 0 aromatic heterocycles. The molecule has 0 aromatic carbocycles. The van der Waals surface area contributed by atoms with E-state index in [1.165, 1.54) is 4.90 Å². The van der Waals surface area contributed by atoms with E-state index in [-0.39, 0.29) is 13.2 Å². The summed E-state index contributed by atoms with van der Waals surface area (Å²) >= 11 is 0. The van der Waals surface area contributed by atoms with Crippen molar-refractivity contribution in [3.05, 3.63) is 0 Å². The van der Waals surface area contributed by atoms with Crippen molar-refractivity contribution in [2.75, 3.05) is 13.2 Å². The molecule has 7 nitrogen and oxygen atoms in total. The summed E-state index contributed by atoms with van der Waals surface area (Å²) in [5.41, 5.74) is 0. The van der Waals surface area contributed by atoms with Crippen LogP contribution < -0.4 is 0 Å². The number of rotatable bonds is 0. The highest BCUT2D eigenvalue weighted by Gasteiger charge is 2.55. The first-order valence-electron chi connectivity index (χ1n) is 4.65. The molecule has 0 aromatic rings. The molecule has 0 radical (unpaired) electrons. The molecule has 1 N–H and O–H groups in total. The SMILES string of the molecule is O=C1O[C@@H]2[C@H](CN3C(=O)OCC3[C@H]2O)O1. The van der Waals surface area contributed by atoms with E-state index in [4.69, 9.17) is 14.2 Å². The molecule has 3 fully saturated rings. The van der Waals surface area contributed by atoms with Crippen molar-refractivity contribution in [1.29, 1.82) is 0 Å². The fourth-order valence-electron chi connectivity index (χ4n) is 2.21. The van der Waals surface area contributed by atoms with Gasteiger partial charge in [0.25, 0.3) is 0 Å². The van der Waals surface area contributed by atoms with Crippen molar-refractivity contribution in [1.82, 2.24) is 4.90 Å². The Hall–Kier alpha value is -1.50. The van der Waals surface area contributed by atoms with Crippen LogP contribution in [0.3, 0.4) is 0 Å². The topological polar surface area (TPSA) is 85.3 Å². The second kappa shape index (κ2) is 2.75. The van der Waals surface area contributed by atoms with E-state index >= 15 is 0 Å². The number of carbonyl (C=O) groups excluding carboxylic acids is 2. The fourth-order valence-corrected chi connectivity index (χ4v) is 2.21. The first kappa shape index (κ1) is 8.78. The van der Waals surface area contributed by atoms with Gasteiger partial charge in [0.15, 0.2) is 12.2 Å². The minimum absolute atomic E-state index is 0.126. The molecule has 0 aliphatic carbocycles. The third kappa shape index (κ3) is 1.09. The van der Waals surface area contributed by atoms with Crippen LogP contribution in [-0.4, -0.2) is 59.8 Å². The monoisotopic (exact) mass is 215 g/mol. The number of nitrogens with zero attached hydrogens (tertiary/aromatic N) is 1. The molecule has 1 amide bonds. The van der Waals surface area contributed by atoms with Gasteiger partial charge in [-0.15, -0.1) is 0 Å². The van der Waals surface area contributed by atoms with Crippen LogP contribution in [0.5, 0.6) is 0 Å². The number of ether oxygens (including phenoxy) is 3. The second-order valence-corrected chi connectivity index (χ2v) is 3.78. The van der Waals surface area contributed by atoms with Crippen LogP contribution in [0.4, 0.5) is 9.59 Å². The minimum atomic E-state index is -0.943. The molecule has 3 heterocycles. The highest BCUT2D eigenvalue weighted by molar-refractivity contribution is 5.71. The van der Waals surface area contributed by atoms with E-state index in [9.17, 15) is 14.7 Å². The van der Waals surface area contributed by atoms with Crippen LogP contribution in [0.2, 0.25) is 0 Å². The number of hydrogen-bond donors (Lipinski definition) is 1. The molecular formula is C8H9NO6. The van der Waals surface area contributed by atoms with E-state index in [0.717, 1.165) is 0 Å². The molecule has 3 aliphatic rings. The molecule has 1 unspecified atom stereocenters. The Morgan fingerprint density at radius 1 is 1.33 bits per heavy atom. The summed E-state index contributed by atoms with van der Waals surface area (Å²) in [6, 6.07) is -0.437. The summed E-state index contributed by atoms with van der Waals surface area (Å²) < 4.78 is 14.4. The van der Waals surface area contributed by atoms with Gasteiger partial charge in [-0.3, -0.25) is 4.90 Å². The van der Waals surface area contributed by atoms with Crippen molar-refractivity contribution in [2.24, 2.45) is 0 Å². The molecule has 0 saturated carbocycles. The van der Waals surface area contributed by atoms with Gasteiger partial charge in [-0.05, 0) is 0 Å². The average molecular weight is 215 g/mol. The number of cyclic esters (lactones) is 1. The number of carbonyl (C=O) groups is 2. The van der Waals surface area contributed by atoms with Crippen molar-refractivity contribution >= 4 is 12.2 Å². The number of hydrogen-bond acceptors (Lipinski definition) is 6. The summed E-state index contributed by atoms with van der Waals surface area (Å²) in [6.07, 6.45) is -3.50. The van der Waals surface area contributed by atoms with Gasteiger partial charge in [0.1, 0.15) is 12.7 Å². The Morgan fingerprint density at radius 2 is 2.13 bits per heavy atom. The van der Waals surface area contributed by atoms with Gasteiger partial charge in [0, 0.05) is 0 Å². The number of aliphatic hydroxyl groups excluding tert-OH is 1. The molecule has 3 aliphatic heterocycles. The predicted octanol–water partition coefficient (Wildman–Crippen LogP) is -0.914. The summed E-state index contributed by atoms with van der Waals surface area (Å²) in [5.74, 6) is 0. The van der Waals surface area contributed by atoms with Crippen molar-refractivity contribution in [3.8, 4) is 0 Å². The first-order chi connectivity index (χ1) is 7.16. The van der Waals surface area contributed by atoms with Gasteiger partial charge in [-0.25, -0.2) is 9.59 Å². The van der Waals surface area contributed by atoms with Gasteiger partial charge in [-0.1, -0.05) is 0 Å². The maximum absolute atomic E-state index is 11.2. The van der Waals surface area contributed by atoms with Crippen LogP contribution in [0.25, 0.3) is 0 Å². The quantitative estimate of drug-likeness (QED) is 0.526. The third-order valence-electron chi connectivity index (χ3n) is 2.97. The summed E-state index contributed by atoms with van der Waals surface area (Å²) in [4.78, 5) is 23.5. The lowest BCUT2D eigenvalue weighted by Crippen LogP contribution is -2.59. The van der Waals surface area contributed by atoms with Gasteiger partial charge in [-0.2, -0.15) is 0 Å². The van der Waals surface area contributed by atoms with Crippen molar-refractivity contribution in [3.63, 3.8) is 0 Å². The van der Waals surface area contributed by atoms with E-state index in [2.05, 4.69) is 0 Å². The van der Waals surface area contributed by atoms with E-state index in [1.54, 1.807) is 0 Å². The molecule has 82 valence electrons. The Bertz CT molecular complexity index is 329. The number of fused-ring (bicyclic) bond motifs is 2. The Kier molecular flexibility index (Phi) is 1.61. The van der Waals surface area contributed by atoms with Crippen LogP contribution in [0.1, 0.15) is 0 Å². The summed E-state index contributed by atoms with van der Waals surface area (Å²) in [5, 5.41) is 9.85. The van der Waals surface area contributed by atoms with Crippen molar-refractivity contribution < 1.29 is 28.9 Å². The Morgan fingerprint density at radius 3 is 2.93 bits per heavy atom. The zero-order valence-corrected chi connectivity index (χ0v) is 7.66. The van der Waals surface area contributed by atoms with Crippen LogP contribution >= 0.6 is 0 Å². The van der Waals surface area contributed by atoms with E-state index in [0.29, 0.717) is 0 Å². The maximum Gasteiger partial charge on any atom is 0.509 e. The molecule has 7 heteroatoms. The number of aliphatic hydroxyl groups is 1. The molecule has 3 saturated heterocycles. The molecule has 0 spiro atoms. The Labute approximate surface area is 84.5 Å². The highest BCUT2D eigenvalue weighted by Crippen LogP contribution is 2.31. The lowest BCUT2D eigenvalue weighted by Gasteiger charge is -2.35. The molecular weight excluding hydrogens is 206 g/mol. The third-order valence-corrected chi connectivity index (χ3v) is 2.97. The van der Waals surface area contributed by atoms with Gasteiger partial charge in [0.2, 0.25) is 0 Å². The van der Waals surface area contributed by atoms with Crippen LogP contribution in [0.15, 0.2) is 0 Å². The lowest BCUT2D eigenvalue weighted by molar-refractivity contribution is -0.0607. The number of amides is 1. The number of piperidine rings is 1. The molecule has 3 rings (SSSR count). The van der Waals surface area contributed by atoms with Gasteiger partial charge in [0.05, 0.1) is 12.6 Å².